The van der Waals surface area contributed by atoms with Crippen LogP contribution in [0, 0.1) is 6.92 Å². The molecule has 0 aromatic carbocycles. The lowest BCUT2D eigenvalue weighted by Gasteiger charge is -2.10. The van der Waals surface area contributed by atoms with Gasteiger partial charge in [-0.05, 0) is 48.9 Å². The summed E-state index contributed by atoms with van der Waals surface area (Å²) in [6, 6.07) is 2.38. The molecule has 0 spiro atoms. The molecular formula is C13H18N4S3. The van der Waals surface area contributed by atoms with Crippen LogP contribution in [0.2, 0.25) is 0 Å². The predicted molar refractivity (Wildman–Crippen MR) is 86.8 cm³/mol. The van der Waals surface area contributed by atoms with Crippen LogP contribution in [0.1, 0.15) is 24.5 Å². The van der Waals surface area contributed by atoms with Gasteiger partial charge in [-0.3, -0.25) is 0 Å². The Morgan fingerprint density at radius 3 is 2.70 bits per heavy atom. The Bertz CT molecular complexity index is 570. The van der Waals surface area contributed by atoms with Crippen molar-refractivity contribution in [2.45, 2.75) is 46.4 Å². The monoisotopic (exact) mass is 326 g/mol. The summed E-state index contributed by atoms with van der Waals surface area (Å²) in [7, 11) is 0. The molecule has 2 aromatic rings. The molecule has 0 aliphatic rings. The summed E-state index contributed by atoms with van der Waals surface area (Å²) >= 11 is 4.78. The third-order valence-electron chi connectivity index (χ3n) is 2.86. The van der Waals surface area contributed by atoms with E-state index in [1.54, 1.807) is 34.9 Å². The summed E-state index contributed by atoms with van der Waals surface area (Å²) in [6.07, 6.45) is 5.79. The molecule has 0 bridgehead atoms. The van der Waals surface area contributed by atoms with Crippen molar-refractivity contribution >= 4 is 34.9 Å². The van der Waals surface area contributed by atoms with Gasteiger partial charge in [0, 0.05) is 12.2 Å². The van der Waals surface area contributed by atoms with Crippen molar-refractivity contribution < 1.29 is 0 Å². The summed E-state index contributed by atoms with van der Waals surface area (Å²) < 4.78 is 1.92. The van der Waals surface area contributed by atoms with E-state index in [0.717, 1.165) is 32.1 Å². The zero-order chi connectivity index (χ0) is 14.5. The van der Waals surface area contributed by atoms with Gasteiger partial charge in [-0.1, -0.05) is 36.1 Å². The van der Waals surface area contributed by atoms with Crippen molar-refractivity contribution in [3.63, 3.8) is 0 Å². The summed E-state index contributed by atoms with van der Waals surface area (Å²) in [5.41, 5.74) is 8.34. The van der Waals surface area contributed by atoms with Gasteiger partial charge in [-0.25, -0.2) is 4.98 Å². The fourth-order valence-corrected chi connectivity index (χ4v) is 4.07. The Labute approximate surface area is 132 Å². The van der Waals surface area contributed by atoms with Gasteiger partial charge in [-0.15, -0.1) is 10.2 Å². The molecule has 20 heavy (non-hydrogen) atoms. The Hall–Kier alpha value is -0.630. The fraction of sp³-hybridized carbons (Fsp3) is 0.462. The van der Waals surface area contributed by atoms with Crippen molar-refractivity contribution in [1.29, 1.82) is 0 Å². The predicted octanol–water partition coefficient (Wildman–Crippen LogP) is 3.39. The lowest BCUT2D eigenvalue weighted by molar-refractivity contribution is 0.644. The zero-order valence-corrected chi connectivity index (χ0v) is 14.2. The van der Waals surface area contributed by atoms with E-state index in [-0.39, 0.29) is 6.04 Å². The van der Waals surface area contributed by atoms with Crippen LogP contribution in [0.4, 0.5) is 0 Å². The minimum Gasteiger partial charge on any atom is -0.327 e. The van der Waals surface area contributed by atoms with Gasteiger partial charge >= 0.3 is 0 Å². The van der Waals surface area contributed by atoms with E-state index in [1.807, 2.05) is 12.5 Å². The molecule has 2 aromatic heterocycles. The fourth-order valence-electron chi connectivity index (χ4n) is 1.69. The molecule has 7 heteroatoms. The molecule has 1 atom stereocenters. The summed E-state index contributed by atoms with van der Waals surface area (Å²) in [6.45, 7) is 4.18. The van der Waals surface area contributed by atoms with E-state index < -0.39 is 0 Å². The van der Waals surface area contributed by atoms with Crippen LogP contribution < -0.4 is 5.73 Å². The second-order valence-electron chi connectivity index (χ2n) is 4.48. The highest BCUT2D eigenvalue weighted by Gasteiger charge is 2.10. The maximum atomic E-state index is 5.98. The molecule has 0 fully saturated rings. The smallest absolute Gasteiger partial charge is 0.181 e. The van der Waals surface area contributed by atoms with Crippen molar-refractivity contribution in [2.24, 2.45) is 5.73 Å². The van der Waals surface area contributed by atoms with E-state index in [4.69, 9.17) is 5.73 Å². The first-order valence-corrected chi connectivity index (χ1v) is 9.24. The lowest BCUT2D eigenvalue weighted by atomic mass is 10.1. The van der Waals surface area contributed by atoms with Gasteiger partial charge < -0.3 is 5.73 Å². The number of aryl methyl sites for hydroxylation is 1. The molecule has 0 saturated heterocycles. The van der Waals surface area contributed by atoms with Crippen LogP contribution in [0.25, 0.3) is 0 Å². The molecule has 2 heterocycles. The van der Waals surface area contributed by atoms with Crippen molar-refractivity contribution in [3.05, 3.63) is 23.4 Å². The van der Waals surface area contributed by atoms with Crippen LogP contribution in [0.15, 0.2) is 26.0 Å². The second kappa shape index (κ2) is 7.40. The first-order valence-electron chi connectivity index (χ1n) is 6.38. The zero-order valence-electron chi connectivity index (χ0n) is 11.8. The molecule has 108 valence electrons. The van der Waals surface area contributed by atoms with Gasteiger partial charge in [0.05, 0.1) is 0 Å². The normalized spacial score (nSPS) is 12.6. The standard InChI is InChI=1S/C13H18N4S3/c1-4-10(14)6-9-5-8(2)11(15-7-9)19-13-17-16-12(18-3)20-13/h5,7,10H,4,6,14H2,1-3H3. The number of rotatable bonds is 6. The quantitative estimate of drug-likeness (QED) is 0.821. The molecule has 0 aliphatic carbocycles. The van der Waals surface area contributed by atoms with Crippen LogP contribution in [0.3, 0.4) is 0 Å². The van der Waals surface area contributed by atoms with Gasteiger partial charge in [0.15, 0.2) is 8.68 Å². The maximum absolute atomic E-state index is 5.98. The SMILES string of the molecule is CCC(N)Cc1cnc(Sc2nnc(SC)s2)c(C)c1. The Morgan fingerprint density at radius 2 is 2.10 bits per heavy atom. The molecule has 0 amide bonds. The molecular weight excluding hydrogens is 308 g/mol. The van der Waals surface area contributed by atoms with Gasteiger partial charge in [-0.2, -0.15) is 0 Å². The van der Waals surface area contributed by atoms with Gasteiger partial charge in [0.2, 0.25) is 0 Å². The summed E-state index contributed by atoms with van der Waals surface area (Å²) in [4.78, 5) is 4.54. The molecule has 2 rings (SSSR count). The number of hydrogen-bond acceptors (Lipinski definition) is 7. The second-order valence-corrected chi connectivity index (χ2v) is 7.74. The Balaban J connectivity index is 2.09. The van der Waals surface area contributed by atoms with E-state index >= 15 is 0 Å². The molecule has 2 N–H and O–H groups in total. The maximum Gasteiger partial charge on any atom is 0.181 e. The number of nitrogens with zero attached hydrogens (tertiary/aromatic N) is 3. The third-order valence-corrected chi connectivity index (χ3v) is 5.93. The van der Waals surface area contributed by atoms with E-state index in [9.17, 15) is 0 Å². The molecule has 0 saturated carbocycles. The van der Waals surface area contributed by atoms with Crippen LogP contribution in [0.5, 0.6) is 0 Å². The highest BCUT2D eigenvalue weighted by molar-refractivity contribution is 8.03. The number of aromatic nitrogens is 3. The van der Waals surface area contributed by atoms with Crippen LogP contribution in [-0.4, -0.2) is 27.5 Å². The average Bonchev–Trinajstić information content (AvgIpc) is 2.89. The molecule has 0 aliphatic heterocycles. The molecule has 4 nitrogen and oxygen atoms in total. The van der Waals surface area contributed by atoms with Crippen molar-refractivity contribution in [1.82, 2.24) is 15.2 Å². The number of nitrogens with two attached hydrogens (primary N) is 1. The number of hydrogen-bond donors (Lipinski definition) is 1. The first kappa shape index (κ1) is 15.8. The summed E-state index contributed by atoms with van der Waals surface area (Å²) in [5.74, 6) is 0. The van der Waals surface area contributed by atoms with Gasteiger partial charge in [0.25, 0.3) is 0 Å². The van der Waals surface area contributed by atoms with Crippen LogP contribution >= 0.6 is 34.9 Å². The van der Waals surface area contributed by atoms with Crippen LogP contribution in [-0.2, 0) is 6.42 Å². The highest BCUT2D eigenvalue weighted by atomic mass is 32.2. The largest absolute Gasteiger partial charge is 0.327 e. The minimum absolute atomic E-state index is 0.210. The number of pyridine rings is 1. The van der Waals surface area contributed by atoms with E-state index in [0.29, 0.717) is 0 Å². The van der Waals surface area contributed by atoms with Crippen molar-refractivity contribution in [2.75, 3.05) is 6.26 Å². The van der Waals surface area contributed by atoms with E-state index in [2.05, 4.69) is 35.1 Å². The average molecular weight is 327 g/mol. The number of thioether (sulfide) groups is 1. The topological polar surface area (TPSA) is 64.7 Å². The minimum atomic E-state index is 0.210. The Morgan fingerprint density at radius 1 is 1.35 bits per heavy atom. The highest BCUT2D eigenvalue weighted by Crippen LogP contribution is 2.33. The Kier molecular flexibility index (Phi) is 5.83. The molecule has 1 unspecified atom stereocenters. The lowest BCUT2D eigenvalue weighted by Crippen LogP contribution is -2.21. The first-order chi connectivity index (χ1) is 9.62. The molecule has 0 radical (unpaired) electrons. The van der Waals surface area contributed by atoms with E-state index in [1.165, 1.54) is 5.56 Å². The summed E-state index contributed by atoms with van der Waals surface area (Å²) in [5, 5.41) is 9.24. The van der Waals surface area contributed by atoms with Crippen molar-refractivity contribution in [3.8, 4) is 0 Å². The van der Waals surface area contributed by atoms with Gasteiger partial charge in [0.1, 0.15) is 5.03 Å². The third kappa shape index (κ3) is 4.18.